The third kappa shape index (κ3) is 4.71. The van der Waals surface area contributed by atoms with Gasteiger partial charge >= 0.3 is 6.18 Å². The molecule has 6 nitrogen and oxygen atoms in total. The van der Waals surface area contributed by atoms with E-state index in [2.05, 4.69) is 20.5 Å². The molecule has 2 fully saturated rings. The van der Waals surface area contributed by atoms with Crippen molar-refractivity contribution in [3.63, 3.8) is 0 Å². The quantitative estimate of drug-likeness (QED) is 0.839. The first-order chi connectivity index (χ1) is 13.9. The topological polar surface area (TPSA) is 63.1 Å². The third-order valence-corrected chi connectivity index (χ3v) is 6.04. The van der Waals surface area contributed by atoms with Crippen molar-refractivity contribution in [2.75, 3.05) is 19.6 Å². The van der Waals surface area contributed by atoms with Crippen molar-refractivity contribution in [3.8, 4) is 0 Å². The number of nitrogens with zero attached hydrogens (tertiary/aromatic N) is 4. The molecule has 0 unspecified atom stereocenters. The number of carbonyl (C=O) groups is 1. The standard InChI is InChI=1S/C20H26F3N5O/c21-20(22,23)14-6-7-18-17(12-14)25-26-28(18)16-8-10-27(11-9-16)13-19(29)24-15-4-2-1-3-5-15/h6-7,12,15-16H,1-5,8-11,13H2,(H,24,29). The first-order valence-corrected chi connectivity index (χ1v) is 10.3. The van der Waals surface area contributed by atoms with Gasteiger partial charge in [0, 0.05) is 19.1 Å². The number of benzene rings is 1. The fraction of sp³-hybridized carbons (Fsp3) is 0.650. The Bertz CT molecular complexity index is 851. The number of likely N-dealkylation sites (tertiary alicyclic amines) is 1. The first-order valence-electron chi connectivity index (χ1n) is 10.3. The van der Waals surface area contributed by atoms with Crippen LogP contribution in [0.2, 0.25) is 0 Å². The van der Waals surface area contributed by atoms with Crippen molar-refractivity contribution < 1.29 is 18.0 Å². The summed E-state index contributed by atoms with van der Waals surface area (Å²) in [5.74, 6) is 0.0845. The number of nitrogens with one attached hydrogen (secondary N) is 1. The van der Waals surface area contributed by atoms with Gasteiger partial charge in [0.2, 0.25) is 5.91 Å². The molecule has 2 aliphatic rings. The average molecular weight is 409 g/mol. The number of rotatable bonds is 4. The molecule has 29 heavy (non-hydrogen) atoms. The molecule has 1 saturated carbocycles. The maximum atomic E-state index is 12.9. The zero-order valence-corrected chi connectivity index (χ0v) is 16.3. The Morgan fingerprint density at radius 1 is 1.10 bits per heavy atom. The average Bonchev–Trinajstić information content (AvgIpc) is 3.12. The number of fused-ring (bicyclic) bond motifs is 1. The van der Waals surface area contributed by atoms with Crippen molar-refractivity contribution in [2.45, 2.75) is 63.2 Å². The zero-order chi connectivity index (χ0) is 20.4. The Morgan fingerprint density at radius 3 is 2.52 bits per heavy atom. The molecule has 0 spiro atoms. The minimum atomic E-state index is -4.39. The predicted octanol–water partition coefficient (Wildman–Crippen LogP) is 3.54. The number of carbonyl (C=O) groups excluding carboxylic acids is 1. The molecule has 0 radical (unpaired) electrons. The van der Waals surface area contributed by atoms with E-state index in [0.717, 1.165) is 50.9 Å². The highest BCUT2D eigenvalue weighted by Crippen LogP contribution is 2.32. The summed E-state index contributed by atoms with van der Waals surface area (Å²) in [4.78, 5) is 14.4. The van der Waals surface area contributed by atoms with Gasteiger partial charge in [0.15, 0.2) is 0 Å². The SMILES string of the molecule is O=C(CN1CCC(n2nnc3cc(C(F)(F)F)ccc32)CC1)NC1CCCCC1. The molecule has 158 valence electrons. The summed E-state index contributed by atoms with van der Waals surface area (Å²) in [7, 11) is 0. The van der Waals surface area contributed by atoms with Gasteiger partial charge in [-0.3, -0.25) is 9.69 Å². The highest BCUT2D eigenvalue weighted by molar-refractivity contribution is 5.78. The number of hydrogen-bond donors (Lipinski definition) is 1. The van der Waals surface area contributed by atoms with E-state index in [0.29, 0.717) is 18.1 Å². The van der Waals surface area contributed by atoms with Gasteiger partial charge in [0.25, 0.3) is 0 Å². The van der Waals surface area contributed by atoms with Crippen LogP contribution in [0, 0.1) is 0 Å². The van der Waals surface area contributed by atoms with Crippen molar-refractivity contribution >= 4 is 16.9 Å². The second kappa shape index (κ2) is 8.30. The molecule has 1 aromatic heterocycles. The van der Waals surface area contributed by atoms with Crippen LogP contribution in [0.3, 0.4) is 0 Å². The second-order valence-corrected chi connectivity index (χ2v) is 8.15. The predicted molar refractivity (Wildman–Crippen MR) is 102 cm³/mol. The van der Waals surface area contributed by atoms with Crippen LogP contribution in [0.5, 0.6) is 0 Å². The number of hydrogen-bond acceptors (Lipinski definition) is 4. The van der Waals surface area contributed by atoms with E-state index in [9.17, 15) is 18.0 Å². The van der Waals surface area contributed by atoms with Crippen molar-refractivity contribution in [1.82, 2.24) is 25.2 Å². The van der Waals surface area contributed by atoms with Crippen LogP contribution < -0.4 is 5.32 Å². The fourth-order valence-corrected chi connectivity index (χ4v) is 4.43. The van der Waals surface area contributed by atoms with E-state index in [4.69, 9.17) is 0 Å². The lowest BCUT2D eigenvalue weighted by Gasteiger charge is -2.32. The van der Waals surface area contributed by atoms with Gasteiger partial charge in [-0.25, -0.2) is 4.68 Å². The second-order valence-electron chi connectivity index (χ2n) is 8.15. The van der Waals surface area contributed by atoms with Gasteiger partial charge in [-0.1, -0.05) is 24.5 Å². The van der Waals surface area contributed by atoms with E-state index in [1.807, 2.05) is 0 Å². The lowest BCUT2D eigenvalue weighted by Crippen LogP contribution is -2.45. The van der Waals surface area contributed by atoms with Crippen LogP contribution in [-0.4, -0.2) is 51.5 Å². The molecule has 1 N–H and O–H groups in total. The van der Waals surface area contributed by atoms with Crippen LogP contribution in [0.15, 0.2) is 18.2 Å². The Morgan fingerprint density at radius 2 is 1.83 bits per heavy atom. The van der Waals surface area contributed by atoms with E-state index in [1.54, 1.807) is 4.68 Å². The van der Waals surface area contributed by atoms with Gasteiger partial charge in [-0.15, -0.1) is 5.10 Å². The molecule has 2 aromatic rings. The molecule has 1 aliphatic carbocycles. The summed E-state index contributed by atoms with van der Waals surface area (Å²) in [5.41, 5.74) is 0.163. The summed E-state index contributed by atoms with van der Waals surface area (Å²) in [6, 6.07) is 3.96. The van der Waals surface area contributed by atoms with Gasteiger partial charge in [0.1, 0.15) is 5.52 Å². The zero-order valence-electron chi connectivity index (χ0n) is 16.3. The summed E-state index contributed by atoms with van der Waals surface area (Å²) in [6.07, 6.45) is 2.97. The number of alkyl halides is 3. The van der Waals surface area contributed by atoms with Crippen LogP contribution in [0.1, 0.15) is 56.6 Å². The van der Waals surface area contributed by atoms with Crippen LogP contribution in [0.25, 0.3) is 11.0 Å². The van der Waals surface area contributed by atoms with Crippen molar-refractivity contribution in [3.05, 3.63) is 23.8 Å². The van der Waals surface area contributed by atoms with E-state index in [1.165, 1.54) is 25.3 Å². The maximum Gasteiger partial charge on any atom is 0.416 e. The monoisotopic (exact) mass is 409 g/mol. The minimum absolute atomic E-state index is 0.0781. The highest BCUT2D eigenvalue weighted by atomic mass is 19.4. The van der Waals surface area contributed by atoms with Crippen molar-refractivity contribution in [2.24, 2.45) is 0 Å². The smallest absolute Gasteiger partial charge is 0.352 e. The number of aromatic nitrogens is 3. The fourth-order valence-electron chi connectivity index (χ4n) is 4.43. The van der Waals surface area contributed by atoms with Crippen LogP contribution >= 0.6 is 0 Å². The molecular weight excluding hydrogens is 383 g/mol. The summed E-state index contributed by atoms with van der Waals surface area (Å²) >= 11 is 0. The summed E-state index contributed by atoms with van der Waals surface area (Å²) in [6.45, 7) is 1.91. The number of piperidine rings is 1. The van der Waals surface area contributed by atoms with Gasteiger partial charge < -0.3 is 5.32 Å². The normalized spacial score (nSPS) is 20.2. The van der Waals surface area contributed by atoms with Gasteiger partial charge in [0.05, 0.1) is 23.7 Å². The molecule has 9 heteroatoms. The lowest BCUT2D eigenvalue weighted by atomic mass is 9.95. The summed E-state index contributed by atoms with van der Waals surface area (Å²) < 4.78 is 40.4. The molecule has 0 bridgehead atoms. The molecule has 4 rings (SSSR count). The number of amides is 1. The Labute approximate surface area is 167 Å². The summed E-state index contributed by atoms with van der Waals surface area (Å²) in [5, 5.41) is 11.2. The van der Waals surface area contributed by atoms with Crippen LogP contribution in [-0.2, 0) is 11.0 Å². The molecule has 2 heterocycles. The van der Waals surface area contributed by atoms with E-state index in [-0.39, 0.29) is 17.5 Å². The van der Waals surface area contributed by atoms with Crippen molar-refractivity contribution in [1.29, 1.82) is 0 Å². The molecule has 1 saturated heterocycles. The third-order valence-electron chi connectivity index (χ3n) is 6.04. The van der Waals surface area contributed by atoms with Gasteiger partial charge in [-0.2, -0.15) is 13.2 Å². The minimum Gasteiger partial charge on any atom is -0.352 e. The largest absolute Gasteiger partial charge is 0.416 e. The Balaban J connectivity index is 1.33. The Hall–Kier alpha value is -2.16. The Kier molecular flexibility index (Phi) is 5.76. The van der Waals surface area contributed by atoms with E-state index >= 15 is 0 Å². The van der Waals surface area contributed by atoms with Crippen LogP contribution in [0.4, 0.5) is 13.2 Å². The highest BCUT2D eigenvalue weighted by Gasteiger charge is 2.31. The molecular formula is C20H26F3N5O. The number of halogens is 3. The first kappa shape index (κ1) is 20.1. The molecule has 0 atom stereocenters. The lowest BCUT2D eigenvalue weighted by molar-refractivity contribution is -0.137. The maximum absolute atomic E-state index is 12.9. The molecule has 1 amide bonds. The molecule has 1 aliphatic heterocycles. The van der Waals surface area contributed by atoms with Gasteiger partial charge in [-0.05, 0) is 43.9 Å². The van der Waals surface area contributed by atoms with E-state index < -0.39 is 11.7 Å². The molecule has 1 aromatic carbocycles.